The lowest BCUT2D eigenvalue weighted by Gasteiger charge is -1.98. The van der Waals surface area contributed by atoms with Crippen LogP contribution in [0.5, 0.6) is 0 Å². The van der Waals surface area contributed by atoms with Gasteiger partial charge in [-0.2, -0.15) is 5.26 Å². The Labute approximate surface area is 91.8 Å². The Morgan fingerprint density at radius 2 is 1.93 bits per heavy atom. The fourth-order valence-corrected chi connectivity index (χ4v) is 1.81. The van der Waals surface area contributed by atoms with Crippen LogP contribution >= 0.6 is 11.8 Å². The molecule has 0 spiro atoms. The van der Waals surface area contributed by atoms with Gasteiger partial charge in [-0.05, 0) is 24.3 Å². The monoisotopic (exact) mass is 213 g/mol. The minimum atomic E-state index is 0.427. The lowest BCUT2D eigenvalue weighted by molar-refractivity contribution is 1.08. The molecule has 15 heavy (non-hydrogen) atoms. The van der Waals surface area contributed by atoms with Gasteiger partial charge in [-0.15, -0.1) is 0 Å². The van der Waals surface area contributed by atoms with E-state index in [1.54, 1.807) is 12.3 Å². The van der Waals surface area contributed by atoms with Crippen LogP contribution in [0.15, 0.2) is 52.6 Å². The molecule has 0 radical (unpaired) electrons. The van der Waals surface area contributed by atoms with Crippen LogP contribution in [0.2, 0.25) is 0 Å². The normalized spacial score (nSPS) is 9.53. The molecule has 2 aromatic heterocycles. The lowest BCUT2D eigenvalue weighted by Crippen LogP contribution is -1.85. The molecule has 0 saturated heterocycles. The van der Waals surface area contributed by atoms with Crippen LogP contribution in [0.25, 0.3) is 0 Å². The molecule has 2 aromatic rings. The summed E-state index contributed by atoms with van der Waals surface area (Å²) in [6, 6.07) is 13.1. The molecule has 0 bridgehead atoms. The minimum absolute atomic E-state index is 0.427. The Morgan fingerprint density at radius 1 is 1.07 bits per heavy atom. The highest BCUT2D eigenvalue weighted by atomic mass is 32.2. The van der Waals surface area contributed by atoms with Crippen molar-refractivity contribution < 1.29 is 0 Å². The Balaban J connectivity index is 2.22. The number of nitriles is 1. The number of hydrogen-bond donors (Lipinski definition) is 0. The van der Waals surface area contributed by atoms with Gasteiger partial charge in [0.2, 0.25) is 0 Å². The molecule has 0 aliphatic carbocycles. The summed E-state index contributed by atoms with van der Waals surface area (Å²) in [6.07, 6.45) is 1.73. The number of hydrogen-bond acceptors (Lipinski definition) is 4. The van der Waals surface area contributed by atoms with Gasteiger partial charge in [0, 0.05) is 6.20 Å². The molecule has 0 amide bonds. The average molecular weight is 213 g/mol. The maximum Gasteiger partial charge on any atom is 0.141 e. The third kappa shape index (κ3) is 2.55. The van der Waals surface area contributed by atoms with E-state index in [4.69, 9.17) is 5.26 Å². The molecule has 3 nitrogen and oxygen atoms in total. The third-order valence-corrected chi connectivity index (χ3v) is 2.57. The second kappa shape index (κ2) is 4.58. The summed E-state index contributed by atoms with van der Waals surface area (Å²) in [6.45, 7) is 0. The van der Waals surface area contributed by atoms with Gasteiger partial charge in [0.25, 0.3) is 0 Å². The van der Waals surface area contributed by atoms with Crippen molar-refractivity contribution in [3.63, 3.8) is 0 Å². The van der Waals surface area contributed by atoms with E-state index >= 15 is 0 Å². The largest absolute Gasteiger partial charge is 0.250 e. The summed E-state index contributed by atoms with van der Waals surface area (Å²) in [4.78, 5) is 8.32. The molecule has 0 fully saturated rings. The van der Waals surface area contributed by atoms with Crippen LogP contribution < -0.4 is 0 Å². The van der Waals surface area contributed by atoms with Crippen LogP contribution in [0.1, 0.15) is 5.69 Å². The zero-order chi connectivity index (χ0) is 10.5. The van der Waals surface area contributed by atoms with Gasteiger partial charge in [-0.1, -0.05) is 23.9 Å². The third-order valence-electron chi connectivity index (χ3n) is 1.68. The van der Waals surface area contributed by atoms with E-state index in [1.165, 1.54) is 11.8 Å². The highest BCUT2D eigenvalue weighted by molar-refractivity contribution is 7.99. The van der Waals surface area contributed by atoms with E-state index in [-0.39, 0.29) is 0 Å². The van der Waals surface area contributed by atoms with Gasteiger partial charge in [0.05, 0.1) is 0 Å². The standard InChI is InChI=1S/C11H7N3S/c12-8-9-4-3-6-11(14-9)15-10-5-1-2-7-13-10/h1-7H. The summed E-state index contributed by atoms with van der Waals surface area (Å²) in [7, 11) is 0. The van der Waals surface area contributed by atoms with E-state index < -0.39 is 0 Å². The fraction of sp³-hybridized carbons (Fsp3) is 0. The average Bonchev–Trinajstić information content (AvgIpc) is 2.31. The Bertz CT molecular complexity index is 491. The summed E-state index contributed by atoms with van der Waals surface area (Å²) in [5, 5.41) is 10.4. The summed E-state index contributed by atoms with van der Waals surface area (Å²) in [5.74, 6) is 0. The SMILES string of the molecule is N#Cc1cccc(Sc2ccccn2)n1. The molecular weight excluding hydrogens is 206 g/mol. The minimum Gasteiger partial charge on any atom is -0.250 e. The van der Waals surface area contributed by atoms with Gasteiger partial charge in [0.1, 0.15) is 21.8 Å². The Morgan fingerprint density at radius 3 is 2.67 bits per heavy atom. The molecule has 72 valence electrons. The molecule has 0 aliphatic rings. The first-order valence-corrected chi connectivity index (χ1v) is 5.16. The van der Waals surface area contributed by atoms with E-state index in [2.05, 4.69) is 9.97 Å². The van der Waals surface area contributed by atoms with E-state index in [9.17, 15) is 0 Å². The fourth-order valence-electron chi connectivity index (χ4n) is 1.05. The zero-order valence-corrected chi connectivity index (χ0v) is 8.61. The summed E-state index contributed by atoms with van der Waals surface area (Å²) < 4.78 is 0. The molecule has 0 atom stereocenters. The van der Waals surface area contributed by atoms with Crippen molar-refractivity contribution in [2.45, 2.75) is 10.1 Å². The predicted molar refractivity (Wildman–Crippen MR) is 57.3 cm³/mol. The second-order valence-corrected chi connectivity index (χ2v) is 3.78. The number of aromatic nitrogens is 2. The van der Waals surface area contributed by atoms with Crippen molar-refractivity contribution in [1.82, 2.24) is 9.97 Å². The summed E-state index contributed by atoms with van der Waals surface area (Å²) >= 11 is 1.44. The molecular formula is C11H7N3S. The molecule has 0 aliphatic heterocycles. The van der Waals surface area contributed by atoms with Gasteiger partial charge >= 0.3 is 0 Å². The number of nitrogens with zero attached hydrogens (tertiary/aromatic N) is 3. The topological polar surface area (TPSA) is 49.6 Å². The van der Waals surface area contributed by atoms with Crippen molar-refractivity contribution >= 4 is 11.8 Å². The molecule has 0 aromatic carbocycles. The first-order chi connectivity index (χ1) is 7.38. The number of pyridine rings is 2. The second-order valence-electron chi connectivity index (χ2n) is 2.74. The van der Waals surface area contributed by atoms with Gasteiger partial charge in [-0.3, -0.25) is 0 Å². The molecule has 0 saturated carbocycles. The van der Waals surface area contributed by atoms with Crippen molar-refractivity contribution in [3.05, 3.63) is 48.3 Å². The van der Waals surface area contributed by atoms with Crippen molar-refractivity contribution in [3.8, 4) is 6.07 Å². The smallest absolute Gasteiger partial charge is 0.141 e. The van der Waals surface area contributed by atoms with Gasteiger partial charge in [0.15, 0.2) is 0 Å². The molecule has 0 unspecified atom stereocenters. The highest BCUT2D eigenvalue weighted by Gasteiger charge is 2.00. The van der Waals surface area contributed by atoms with Crippen LogP contribution in [0.4, 0.5) is 0 Å². The van der Waals surface area contributed by atoms with Crippen LogP contribution in [0, 0.1) is 11.3 Å². The van der Waals surface area contributed by atoms with E-state index in [0.29, 0.717) is 5.69 Å². The van der Waals surface area contributed by atoms with Crippen molar-refractivity contribution in [1.29, 1.82) is 5.26 Å². The maximum absolute atomic E-state index is 8.69. The highest BCUT2D eigenvalue weighted by Crippen LogP contribution is 2.23. The van der Waals surface area contributed by atoms with Gasteiger partial charge < -0.3 is 0 Å². The molecule has 2 rings (SSSR count). The summed E-state index contributed by atoms with van der Waals surface area (Å²) in [5.41, 5.74) is 0.427. The molecule has 0 N–H and O–H groups in total. The van der Waals surface area contributed by atoms with Gasteiger partial charge in [-0.25, -0.2) is 9.97 Å². The van der Waals surface area contributed by atoms with E-state index in [1.807, 2.05) is 36.4 Å². The van der Waals surface area contributed by atoms with Crippen LogP contribution in [-0.2, 0) is 0 Å². The maximum atomic E-state index is 8.69. The number of rotatable bonds is 2. The first-order valence-electron chi connectivity index (χ1n) is 4.34. The Hall–Kier alpha value is -1.86. The molecule has 2 heterocycles. The quantitative estimate of drug-likeness (QED) is 0.769. The first kappa shape index (κ1) is 9.69. The van der Waals surface area contributed by atoms with Crippen LogP contribution in [0.3, 0.4) is 0 Å². The lowest BCUT2D eigenvalue weighted by atomic mass is 10.4. The van der Waals surface area contributed by atoms with Crippen molar-refractivity contribution in [2.75, 3.05) is 0 Å². The Kier molecular flexibility index (Phi) is 2.96. The van der Waals surface area contributed by atoms with Crippen LogP contribution in [-0.4, -0.2) is 9.97 Å². The van der Waals surface area contributed by atoms with Crippen molar-refractivity contribution in [2.24, 2.45) is 0 Å². The molecule has 4 heteroatoms. The predicted octanol–water partition coefficient (Wildman–Crippen LogP) is 2.50. The zero-order valence-electron chi connectivity index (χ0n) is 7.79. The van der Waals surface area contributed by atoms with E-state index in [0.717, 1.165) is 10.1 Å².